The van der Waals surface area contributed by atoms with E-state index in [4.69, 9.17) is 0 Å². The van der Waals surface area contributed by atoms with Crippen LogP contribution in [-0.2, 0) is 0 Å². The predicted octanol–water partition coefficient (Wildman–Crippen LogP) is 3.13. The van der Waals surface area contributed by atoms with E-state index in [1.54, 1.807) is 0 Å². The van der Waals surface area contributed by atoms with Gasteiger partial charge in [-0.2, -0.15) is 0 Å². The Hall–Kier alpha value is 0.532. The fourth-order valence-electron chi connectivity index (χ4n) is 1.05. The summed E-state index contributed by atoms with van der Waals surface area (Å²) >= 11 is 0.762. The number of unbranched alkanes of at least 4 members (excludes halogenated alkanes) is 1. The average Bonchev–Trinajstić information content (AvgIpc) is 1.85. The molecule has 0 fully saturated rings. The van der Waals surface area contributed by atoms with E-state index in [0.29, 0.717) is 0 Å². The fraction of sp³-hybridized carbons (Fsp3) is 1.00. The van der Waals surface area contributed by atoms with Gasteiger partial charge in [-0.3, -0.25) is 0 Å². The minimum atomic E-state index is 0.762. The van der Waals surface area contributed by atoms with E-state index < -0.39 is 0 Å². The molecule has 0 radical (unpaired) electrons. The summed E-state index contributed by atoms with van der Waals surface area (Å²) in [6.07, 6.45) is 4.28. The Bertz CT molecular complexity index is 52.5. The molecule has 1 atom stereocenters. The van der Waals surface area contributed by atoms with Crippen LogP contribution in [0.25, 0.3) is 0 Å². The summed E-state index contributed by atoms with van der Waals surface area (Å²) in [5, 5.41) is 1.44. The van der Waals surface area contributed by atoms with Crippen molar-refractivity contribution in [2.45, 2.75) is 50.1 Å². The first-order valence-electron chi connectivity index (χ1n) is 4.14. The van der Waals surface area contributed by atoms with Gasteiger partial charge in [-0.1, -0.05) is 0 Å². The molecule has 0 spiro atoms. The molecule has 0 aromatic rings. The van der Waals surface area contributed by atoms with E-state index in [0.717, 1.165) is 20.0 Å². The van der Waals surface area contributed by atoms with Crippen molar-refractivity contribution in [1.29, 1.82) is 0 Å². The van der Waals surface area contributed by atoms with E-state index in [-0.39, 0.29) is 0 Å². The molecule has 0 aliphatic heterocycles. The van der Waals surface area contributed by atoms with Crippen molar-refractivity contribution in [2.24, 2.45) is 0 Å². The van der Waals surface area contributed by atoms with Gasteiger partial charge in [0, 0.05) is 0 Å². The van der Waals surface area contributed by atoms with Crippen LogP contribution in [0.2, 0.25) is 10.1 Å². The van der Waals surface area contributed by atoms with Crippen LogP contribution in [0.4, 0.5) is 0 Å². The van der Waals surface area contributed by atoms with Crippen molar-refractivity contribution < 1.29 is 0 Å². The van der Waals surface area contributed by atoms with Gasteiger partial charge < -0.3 is 0 Å². The predicted molar refractivity (Wildman–Crippen MR) is 45.2 cm³/mol. The zero-order chi connectivity index (χ0) is 7.11. The maximum absolute atomic E-state index is 2.40. The topological polar surface area (TPSA) is 0 Å². The second-order valence-electron chi connectivity index (χ2n) is 2.76. The Morgan fingerprint density at radius 3 is 2.44 bits per heavy atom. The molecular formula is C8H18Al+. The van der Waals surface area contributed by atoms with Crippen molar-refractivity contribution in [2.75, 3.05) is 0 Å². The summed E-state index contributed by atoms with van der Waals surface area (Å²) in [6, 6.07) is 0. The summed E-state index contributed by atoms with van der Waals surface area (Å²) in [6.45, 7) is 6.97. The summed E-state index contributed by atoms with van der Waals surface area (Å²) in [7, 11) is 0. The molecule has 0 rings (SSSR count). The van der Waals surface area contributed by atoms with E-state index >= 15 is 0 Å². The monoisotopic (exact) mass is 141 g/mol. The first-order chi connectivity index (χ1) is 4.31. The standard InChI is InChI=1S/C6H13.C2H5.Al/c1-3-5-6-4-2;1-2;/h3H,4-6H2,1-2H3;1H2,2H3;/q;;+1. The molecular weight excluding hydrogens is 123 g/mol. The van der Waals surface area contributed by atoms with Gasteiger partial charge in [-0.05, 0) is 0 Å². The van der Waals surface area contributed by atoms with Gasteiger partial charge >= 0.3 is 65.3 Å². The van der Waals surface area contributed by atoms with Crippen molar-refractivity contribution in [3.8, 4) is 0 Å². The SMILES string of the molecule is CCCC[CH](C)[Al+][CH2]C. The third-order valence-corrected chi connectivity index (χ3v) is 3.26. The van der Waals surface area contributed by atoms with Crippen LogP contribution in [-0.4, -0.2) is 15.2 Å². The molecule has 0 aliphatic rings. The number of hydrogen-bond donors (Lipinski definition) is 0. The first kappa shape index (κ1) is 9.53. The molecule has 0 aromatic heterocycles. The van der Waals surface area contributed by atoms with Crippen LogP contribution in [0.5, 0.6) is 0 Å². The van der Waals surface area contributed by atoms with Crippen LogP contribution < -0.4 is 0 Å². The average molecular weight is 141 g/mol. The molecule has 0 aliphatic carbocycles. The zero-order valence-corrected chi connectivity index (χ0v) is 8.14. The van der Waals surface area contributed by atoms with Gasteiger partial charge in [0.1, 0.15) is 0 Å². The van der Waals surface area contributed by atoms with Gasteiger partial charge in [0.25, 0.3) is 0 Å². The molecule has 0 nitrogen and oxygen atoms in total. The van der Waals surface area contributed by atoms with Crippen molar-refractivity contribution in [3.05, 3.63) is 0 Å². The number of rotatable bonds is 5. The maximum atomic E-state index is 2.40. The third-order valence-electron chi connectivity index (χ3n) is 1.65. The normalized spacial score (nSPS) is 12.8. The van der Waals surface area contributed by atoms with Crippen LogP contribution in [0, 0.1) is 0 Å². The summed E-state index contributed by atoms with van der Waals surface area (Å²) in [5.41, 5.74) is 0. The molecule has 0 saturated heterocycles. The molecule has 0 aromatic carbocycles. The molecule has 1 heteroatoms. The Morgan fingerprint density at radius 2 is 2.00 bits per heavy atom. The quantitative estimate of drug-likeness (QED) is 0.516. The summed E-state index contributed by atoms with van der Waals surface area (Å²) in [5.74, 6) is 0. The number of hydrogen-bond acceptors (Lipinski definition) is 0. The molecule has 9 heavy (non-hydrogen) atoms. The van der Waals surface area contributed by atoms with Gasteiger partial charge in [-0.25, -0.2) is 0 Å². The second-order valence-corrected chi connectivity index (χ2v) is 5.19. The molecule has 0 N–H and O–H groups in total. The molecule has 0 saturated carbocycles. The Morgan fingerprint density at radius 1 is 1.33 bits per heavy atom. The second kappa shape index (κ2) is 6.65. The van der Waals surface area contributed by atoms with Crippen LogP contribution in [0.1, 0.15) is 40.0 Å². The Balaban J connectivity index is 2.95. The first-order valence-corrected chi connectivity index (χ1v) is 5.62. The fourth-order valence-corrected chi connectivity index (χ4v) is 2.32. The molecule has 0 heterocycles. The van der Waals surface area contributed by atoms with Crippen molar-refractivity contribution >= 4 is 15.2 Å². The summed E-state index contributed by atoms with van der Waals surface area (Å²) in [4.78, 5) is 0. The third kappa shape index (κ3) is 6.42. The van der Waals surface area contributed by atoms with Crippen LogP contribution >= 0.6 is 0 Å². The van der Waals surface area contributed by atoms with E-state index in [1.165, 1.54) is 24.5 Å². The molecule has 0 bridgehead atoms. The van der Waals surface area contributed by atoms with Gasteiger partial charge in [0.2, 0.25) is 0 Å². The zero-order valence-electron chi connectivity index (χ0n) is 6.98. The van der Waals surface area contributed by atoms with Crippen molar-refractivity contribution in [3.63, 3.8) is 0 Å². The van der Waals surface area contributed by atoms with E-state index in [1.807, 2.05) is 0 Å². The van der Waals surface area contributed by atoms with Crippen LogP contribution in [0.3, 0.4) is 0 Å². The Kier molecular flexibility index (Phi) is 7.04. The summed E-state index contributed by atoms with van der Waals surface area (Å²) < 4.78 is 1.05. The van der Waals surface area contributed by atoms with E-state index in [9.17, 15) is 0 Å². The van der Waals surface area contributed by atoms with Gasteiger partial charge in [-0.15, -0.1) is 0 Å². The van der Waals surface area contributed by atoms with Crippen molar-refractivity contribution in [1.82, 2.24) is 0 Å². The minimum absolute atomic E-state index is 0.762. The Labute approximate surface area is 65.7 Å². The van der Waals surface area contributed by atoms with Crippen LogP contribution in [0.15, 0.2) is 0 Å². The molecule has 52 valence electrons. The molecule has 1 unspecified atom stereocenters. The van der Waals surface area contributed by atoms with E-state index in [2.05, 4.69) is 20.8 Å². The molecule has 0 amide bonds. The van der Waals surface area contributed by atoms with Gasteiger partial charge in [0.05, 0.1) is 0 Å². The van der Waals surface area contributed by atoms with Gasteiger partial charge in [0.15, 0.2) is 0 Å².